The molecule has 7 aromatic carbocycles. The topological polar surface area (TPSA) is 13.1 Å². The molecule has 1 nitrogen and oxygen atoms in total. The molecule has 1 aromatic heterocycles. The van der Waals surface area contributed by atoms with Crippen molar-refractivity contribution in [3.8, 4) is 22.3 Å². The van der Waals surface area contributed by atoms with E-state index in [2.05, 4.69) is 0 Å². The molecule has 0 spiro atoms. The summed E-state index contributed by atoms with van der Waals surface area (Å²) in [5.41, 5.74) is 1.21. The first-order valence-corrected chi connectivity index (χ1v) is 11.8. The summed E-state index contributed by atoms with van der Waals surface area (Å²) in [4.78, 5) is 0. The molecule has 8 aromatic rings. The second kappa shape index (κ2) is 7.81. The van der Waals surface area contributed by atoms with Gasteiger partial charge in [0.25, 0.3) is 0 Å². The lowest BCUT2D eigenvalue weighted by atomic mass is 9.84. The average Bonchev–Trinajstić information content (AvgIpc) is 3.48. The molecule has 8 rings (SSSR count). The van der Waals surface area contributed by atoms with Crippen LogP contribution in [0.2, 0.25) is 0 Å². The fourth-order valence-electron chi connectivity index (χ4n) is 5.31. The van der Waals surface area contributed by atoms with Gasteiger partial charge in [-0.25, -0.2) is 0 Å². The average molecular weight is 482 g/mol. The van der Waals surface area contributed by atoms with Gasteiger partial charge in [0.1, 0.15) is 11.2 Å². The Bertz CT molecular complexity index is 2670. The third-order valence-electron chi connectivity index (χ3n) is 6.88. The van der Waals surface area contributed by atoms with Crippen LogP contribution in [0.1, 0.15) is 15.1 Å². The minimum absolute atomic E-state index is 0.0597. The van der Waals surface area contributed by atoms with Crippen LogP contribution in [0, 0.1) is 0 Å². The van der Waals surface area contributed by atoms with E-state index in [1.807, 2.05) is 42.5 Å². The normalized spacial score (nSPS) is 15.9. The first-order chi connectivity index (χ1) is 22.9. The molecule has 0 saturated heterocycles. The van der Waals surface area contributed by atoms with Gasteiger partial charge in [-0.15, -0.1) is 0 Å². The molecule has 0 fully saturated rings. The van der Waals surface area contributed by atoms with Gasteiger partial charge in [0, 0.05) is 10.8 Å². The van der Waals surface area contributed by atoms with Crippen molar-refractivity contribution >= 4 is 54.3 Å². The lowest BCUT2D eigenvalue weighted by Crippen LogP contribution is -1.91. The number of rotatable bonds is 2. The van der Waals surface area contributed by atoms with E-state index in [1.54, 1.807) is 12.1 Å². The Morgan fingerprint density at radius 3 is 1.89 bits per heavy atom. The van der Waals surface area contributed by atoms with Crippen LogP contribution in [0.25, 0.3) is 76.5 Å². The zero-order chi connectivity index (χ0) is 33.9. The van der Waals surface area contributed by atoms with E-state index in [4.69, 9.17) is 16.8 Å². The summed E-state index contributed by atoms with van der Waals surface area (Å²) in [7, 11) is 0. The van der Waals surface area contributed by atoms with Crippen molar-refractivity contribution in [1.29, 1.82) is 0 Å². The zero-order valence-electron chi connectivity index (χ0n) is 30.3. The van der Waals surface area contributed by atoms with Crippen molar-refractivity contribution in [3.05, 3.63) is 133 Å². The van der Waals surface area contributed by atoms with Crippen LogP contribution in [-0.4, -0.2) is 0 Å². The third-order valence-corrected chi connectivity index (χ3v) is 6.88. The minimum atomic E-state index is -0.528. The van der Waals surface area contributed by atoms with Crippen LogP contribution in [0.5, 0.6) is 0 Å². The molecule has 0 atom stereocenters. The first kappa shape index (κ1) is 12.4. The van der Waals surface area contributed by atoms with Crippen molar-refractivity contribution < 1.29 is 19.5 Å². The van der Waals surface area contributed by atoms with Gasteiger partial charge in [-0.1, -0.05) is 115 Å². The van der Waals surface area contributed by atoms with Gasteiger partial charge in [0.2, 0.25) is 0 Å². The van der Waals surface area contributed by atoms with Crippen LogP contribution < -0.4 is 0 Å². The van der Waals surface area contributed by atoms with Crippen molar-refractivity contribution in [1.82, 2.24) is 0 Å². The molecule has 0 aliphatic rings. The van der Waals surface area contributed by atoms with E-state index in [0.29, 0.717) is 27.1 Å². The maximum atomic E-state index is 9.38. The molecular formula is C36H22O. The van der Waals surface area contributed by atoms with Gasteiger partial charge in [0.05, 0.1) is 15.1 Å². The van der Waals surface area contributed by atoms with Crippen LogP contribution in [-0.2, 0) is 0 Å². The third kappa shape index (κ3) is 2.98. The summed E-state index contributed by atoms with van der Waals surface area (Å²) >= 11 is 0. The standard InChI is InChI=1S/C36H22O/c1-2-12-25-23(10-1)11-9-18-28(25)36-31-16-5-3-14-29(31)35(30-15-4-6-17-32(30)36)24-20-21-27-26-13-7-8-19-33(26)37-34(27)22-24/h1-22H/i3D,4D,5D,6D,7D,8D,13D,19D,20D,21D,22D. The van der Waals surface area contributed by atoms with Crippen molar-refractivity contribution in [2.45, 2.75) is 0 Å². The second-order valence-corrected chi connectivity index (χ2v) is 8.85. The molecule has 37 heavy (non-hydrogen) atoms. The summed E-state index contributed by atoms with van der Waals surface area (Å²) in [6.07, 6.45) is 0. The molecule has 0 aliphatic heterocycles. The molecular weight excluding hydrogens is 448 g/mol. The summed E-state index contributed by atoms with van der Waals surface area (Å²) in [5.74, 6) is 0. The Balaban J connectivity index is 1.62. The molecule has 0 unspecified atom stereocenters. The predicted molar refractivity (Wildman–Crippen MR) is 157 cm³/mol. The van der Waals surface area contributed by atoms with E-state index in [-0.39, 0.29) is 63.3 Å². The molecule has 0 bridgehead atoms. The lowest BCUT2D eigenvalue weighted by Gasteiger charge is -2.18. The first-order valence-electron chi connectivity index (χ1n) is 17.3. The SMILES string of the molecule is [2H]c1cc2c(-c3c([2H])c([2H])c4c(oc5c([2H])c([2H])c([2H])c([2H])c54)c3[2H])c3cc([2H])c([2H])cc3c(-c3cccc4ccccc34)c2cc1[2H]. The maximum Gasteiger partial charge on any atom is 0.136 e. The Labute approximate surface area is 229 Å². The quantitative estimate of drug-likeness (QED) is 0.224. The highest BCUT2D eigenvalue weighted by molar-refractivity contribution is 6.24. The van der Waals surface area contributed by atoms with Gasteiger partial charge < -0.3 is 4.42 Å². The van der Waals surface area contributed by atoms with Crippen LogP contribution in [0.15, 0.2) is 138 Å². The van der Waals surface area contributed by atoms with Crippen LogP contribution in [0.4, 0.5) is 0 Å². The summed E-state index contributed by atoms with van der Waals surface area (Å²) in [6, 6.07) is 16.2. The van der Waals surface area contributed by atoms with Gasteiger partial charge in [-0.05, 0) is 72.7 Å². The summed E-state index contributed by atoms with van der Waals surface area (Å²) in [5, 5.41) is 3.50. The summed E-state index contributed by atoms with van der Waals surface area (Å²) in [6.45, 7) is 0. The fourth-order valence-corrected chi connectivity index (χ4v) is 5.31. The number of fused-ring (bicyclic) bond motifs is 6. The molecule has 0 saturated carbocycles. The smallest absolute Gasteiger partial charge is 0.136 e. The number of hydrogen-bond donors (Lipinski definition) is 0. The molecule has 0 aliphatic carbocycles. The van der Waals surface area contributed by atoms with Crippen molar-refractivity contribution in [3.63, 3.8) is 0 Å². The van der Waals surface area contributed by atoms with E-state index in [9.17, 15) is 2.74 Å². The Kier molecular flexibility index (Phi) is 2.61. The van der Waals surface area contributed by atoms with Crippen molar-refractivity contribution in [2.24, 2.45) is 0 Å². The minimum Gasteiger partial charge on any atom is -0.456 e. The Hall–Kier alpha value is -4.88. The van der Waals surface area contributed by atoms with Gasteiger partial charge >= 0.3 is 0 Å². The van der Waals surface area contributed by atoms with E-state index in [1.165, 1.54) is 12.1 Å². The molecule has 0 amide bonds. The second-order valence-electron chi connectivity index (χ2n) is 8.85. The number of benzene rings is 7. The van der Waals surface area contributed by atoms with Crippen molar-refractivity contribution in [2.75, 3.05) is 0 Å². The largest absolute Gasteiger partial charge is 0.456 e. The molecule has 1 heterocycles. The van der Waals surface area contributed by atoms with Crippen LogP contribution in [0.3, 0.4) is 0 Å². The highest BCUT2D eigenvalue weighted by Gasteiger charge is 2.18. The fraction of sp³-hybridized carbons (Fsp3) is 0. The van der Waals surface area contributed by atoms with Gasteiger partial charge in [-0.3, -0.25) is 0 Å². The van der Waals surface area contributed by atoms with E-state index in [0.717, 1.165) is 16.3 Å². The maximum absolute atomic E-state index is 9.38. The lowest BCUT2D eigenvalue weighted by molar-refractivity contribution is 0.669. The number of hydrogen-bond acceptors (Lipinski definition) is 1. The Morgan fingerprint density at radius 1 is 0.459 bits per heavy atom. The molecule has 0 radical (unpaired) electrons. The zero-order valence-corrected chi connectivity index (χ0v) is 19.3. The van der Waals surface area contributed by atoms with E-state index < -0.39 is 36.3 Å². The van der Waals surface area contributed by atoms with Gasteiger partial charge in [-0.2, -0.15) is 0 Å². The number of furan rings is 1. The highest BCUT2D eigenvalue weighted by atomic mass is 16.3. The highest BCUT2D eigenvalue weighted by Crippen LogP contribution is 2.45. The monoisotopic (exact) mass is 481 g/mol. The molecule has 1 heteroatoms. The van der Waals surface area contributed by atoms with E-state index >= 15 is 0 Å². The summed E-state index contributed by atoms with van der Waals surface area (Å²) < 4.78 is 101. The molecule has 0 N–H and O–H groups in total. The Morgan fingerprint density at radius 2 is 1.11 bits per heavy atom. The van der Waals surface area contributed by atoms with Crippen LogP contribution >= 0.6 is 0 Å². The predicted octanol–water partition coefficient (Wildman–Crippen LogP) is 10.4. The number of para-hydroxylation sites is 1. The van der Waals surface area contributed by atoms with Gasteiger partial charge in [0.15, 0.2) is 0 Å². The molecule has 172 valence electrons.